The summed E-state index contributed by atoms with van der Waals surface area (Å²) in [7, 11) is 0. The molecule has 4 amide bonds. The maximum absolute atomic E-state index is 14.2. The Morgan fingerprint density at radius 1 is 0.371 bits per heavy atom. The number of benzene rings is 6. The number of nitrogens with zero attached hydrogens (tertiary/aromatic N) is 4. The Hall–Kier alpha value is -6.14. The first-order valence-corrected chi connectivity index (χ1v) is 22.7. The van der Waals surface area contributed by atoms with Crippen LogP contribution in [-0.2, 0) is 0 Å². The van der Waals surface area contributed by atoms with Gasteiger partial charge in [-0.25, -0.2) is 9.59 Å². The molecule has 0 N–H and O–H groups in total. The van der Waals surface area contributed by atoms with Gasteiger partial charge in [0.1, 0.15) is 0 Å². The van der Waals surface area contributed by atoms with E-state index in [2.05, 4.69) is 207 Å². The van der Waals surface area contributed by atoms with Gasteiger partial charge >= 0.3 is 12.1 Å². The predicted octanol–water partition coefficient (Wildman–Crippen LogP) is 14.2. The normalized spacial score (nSPS) is 20.1. The lowest BCUT2D eigenvalue weighted by Crippen LogP contribution is -2.46. The zero-order valence-corrected chi connectivity index (χ0v) is 37.3. The van der Waals surface area contributed by atoms with E-state index in [1.54, 1.807) is 0 Å². The van der Waals surface area contributed by atoms with Crippen molar-refractivity contribution < 1.29 is 9.59 Å². The molecule has 6 aromatic rings. The van der Waals surface area contributed by atoms with Crippen LogP contribution in [0.1, 0.15) is 108 Å². The summed E-state index contributed by atoms with van der Waals surface area (Å²) in [5.74, 6) is 0. The smallest absolute Gasteiger partial charge is 0.285 e. The Labute approximate surface area is 368 Å². The highest BCUT2D eigenvalue weighted by Crippen LogP contribution is 2.57. The summed E-state index contributed by atoms with van der Waals surface area (Å²) in [6.45, 7) is 12.6. The highest BCUT2D eigenvalue weighted by molar-refractivity contribution is 6.10. The summed E-state index contributed by atoms with van der Waals surface area (Å²) in [6, 6.07) is 51.3. The van der Waals surface area contributed by atoms with E-state index in [1.807, 2.05) is 0 Å². The minimum absolute atomic E-state index is 0.00795. The molecule has 6 heteroatoms. The Bertz CT molecular complexity index is 2370. The van der Waals surface area contributed by atoms with Gasteiger partial charge in [-0.1, -0.05) is 156 Å². The van der Waals surface area contributed by atoms with E-state index in [-0.39, 0.29) is 35.2 Å². The summed E-state index contributed by atoms with van der Waals surface area (Å²) in [5.41, 5.74) is 13.2. The van der Waals surface area contributed by atoms with Crippen molar-refractivity contribution in [1.82, 2.24) is 0 Å². The molecule has 0 aromatic heterocycles. The summed E-state index contributed by atoms with van der Waals surface area (Å²) >= 11 is 0. The Morgan fingerprint density at radius 2 is 0.661 bits per heavy atom. The van der Waals surface area contributed by atoms with Crippen molar-refractivity contribution in [2.45, 2.75) is 116 Å². The van der Waals surface area contributed by atoms with Crippen LogP contribution in [0.15, 0.2) is 146 Å². The first-order valence-electron chi connectivity index (χ1n) is 22.7. The quantitative estimate of drug-likeness (QED) is 0.168. The van der Waals surface area contributed by atoms with Gasteiger partial charge in [-0.05, 0) is 127 Å². The van der Waals surface area contributed by atoms with E-state index >= 15 is 0 Å². The maximum Gasteiger partial charge on any atom is 0.330 e. The minimum Gasteiger partial charge on any atom is -0.285 e. The van der Waals surface area contributed by atoms with Gasteiger partial charge in [0.2, 0.25) is 0 Å². The lowest BCUT2D eigenvalue weighted by atomic mass is 9.82. The van der Waals surface area contributed by atoms with Gasteiger partial charge in [-0.2, -0.15) is 0 Å². The number of carbonyl (C=O) groups excluding carboxylic acids is 2. The van der Waals surface area contributed by atoms with Crippen LogP contribution in [0.3, 0.4) is 0 Å². The number of urea groups is 2. The van der Waals surface area contributed by atoms with Crippen molar-refractivity contribution in [2.24, 2.45) is 0 Å². The summed E-state index contributed by atoms with van der Waals surface area (Å²) in [5, 5.41) is 0. The van der Waals surface area contributed by atoms with Crippen LogP contribution >= 0.6 is 0 Å². The molecule has 10 rings (SSSR count). The monoisotopic (exact) mass is 820 g/mol. The van der Waals surface area contributed by atoms with Crippen LogP contribution in [0.4, 0.5) is 32.3 Å². The Morgan fingerprint density at radius 3 is 0.952 bits per heavy atom. The van der Waals surface area contributed by atoms with E-state index in [0.29, 0.717) is 0 Å². The Balaban J connectivity index is 0.000000158. The van der Waals surface area contributed by atoms with Crippen LogP contribution in [0.5, 0.6) is 0 Å². The molecule has 4 aliphatic rings. The fraction of sp³-hybridized carbons (Fsp3) is 0.321. The topological polar surface area (TPSA) is 47.1 Å². The van der Waals surface area contributed by atoms with E-state index < -0.39 is 0 Å². The first-order chi connectivity index (χ1) is 30.0. The largest absolute Gasteiger partial charge is 0.330 e. The predicted molar refractivity (Wildman–Crippen MR) is 256 cm³/mol. The third kappa shape index (κ3) is 7.27. The number of aryl methyl sites for hydroxylation is 6. The average Bonchev–Trinajstić information content (AvgIpc) is 4.05. The first kappa shape index (κ1) is 41.2. The number of hydrogen-bond donors (Lipinski definition) is 0. The second-order valence-electron chi connectivity index (χ2n) is 18.6. The molecule has 62 heavy (non-hydrogen) atoms. The number of hydrogen-bond acceptors (Lipinski definition) is 2. The van der Waals surface area contributed by atoms with Crippen LogP contribution in [0, 0.1) is 41.5 Å². The van der Waals surface area contributed by atoms with Gasteiger partial charge in [-0.3, -0.25) is 19.6 Å². The number of amides is 4. The van der Waals surface area contributed by atoms with Crippen LogP contribution in [0.25, 0.3) is 0 Å². The molecule has 4 fully saturated rings. The van der Waals surface area contributed by atoms with Crippen LogP contribution in [0.2, 0.25) is 0 Å². The van der Waals surface area contributed by atoms with Crippen molar-refractivity contribution in [3.63, 3.8) is 0 Å². The van der Waals surface area contributed by atoms with Crippen molar-refractivity contribution in [1.29, 1.82) is 0 Å². The highest BCUT2D eigenvalue weighted by atomic mass is 16.2. The number of carbonyl (C=O) groups is 2. The fourth-order valence-electron chi connectivity index (χ4n) is 11.2. The van der Waals surface area contributed by atoms with Gasteiger partial charge in [0, 0.05) is 22.7 Å². The van der Waals surface area contributed by atoms with Gasteiger partial charge in [0.05, 0.1) is 23.2 Å². The molecule has 316 valence electrons. The van der Waals surface area contributed by atoms with E-state index in [1.165, 1.54) is 44.5 Å². The van der Waals surface area contributed by atoms with E-state index in [4.69, 9.17) is 0 Å². The van der Waals surface area contributed by atoms with Crippen molar-refractivity contribution in [3.8, 4) is 0 Å². The third-order valence-corrected chi connectivity index (χ3v) is 14.1. The van der Waals surface area contributed by atoms with Crippen LogP contribution < -0.4 is 19.6 Å². The second-order valence-corrected chi connectivity index (χ2v) is 18.6. The lowest BCUT2D eigenvalue weighted by Gasteiger charge is -2.39. The lowest BCUT2D eigenvalue weighted by molar-refractivity contribution is 0.253. The highest BCUT2D eigenvalue weighted by Gasteiger charge is 2.61. The molecule has 2 aliphatic carbocycles. The molecular weight excluding hydrogens is 761 g/mol. The fourth-order valence-corrected chi connectivity index (χ4v) is 11.2. The third-order valence-electron chi connectivity index (χ3n) is 14.1. The van der Waals surface area contributed by atoms with Gasteiger partial charge in [0.25, 0.3) is 0 Å². The standard InChI is InChI=1S/2C28H30N2O/c2*1-20-9-13-24(14-10-20)29-26(23-8-6-7-22(3)19-23)28(17-4-5-18-28)30(27(29)31)25-15-11-21(2)12-16-25/h2*6-16,19,26H,4-5,17-18H2,1-3H3/t2*26-/m10/s1. The van der Waals surface area contributed by atoms with Crippen molar-refractivity contribution >= 4 is 34.8 Å². The van der Waals surface area contributed by atoms with E-state index in [0.717, 1.165) is 74.1 Å². The molecule has 0 radical (unpaired) electrons. The van der Waals surface area contributed by atoms with Gasteiger partial charge < -0.3 is 0 Å². The van der Waals surface area contributed by atoms with Gasteiger partial charge in [-0.15, -0.1) is 0 Å². The SMILES string of the molecule is Cc1ccc(N2C(=O)N(c3ccc(C)cc3)C3(CCCC3)[C@@H]2c2cccc(C)c2)cc1.Cc1ccc(N2C(=O)N(c3ccc(C)cc3)C3(CCCC3)[C@H]2c2cccc(C)c2)cc1. The zero-order chi connectivity index (χ0) is 43.2. The minimum atomic E-state index is -0.231. The molecule has 0 bridgehead atoms. The second kappa shape index (κ2) is 16.6. The molecule has 6 aromatic carbocycles. The van der Waals surface area contributed by atoms with E-state index in [9.17, 15) is 9.59 Å². The Kier molecular flexibility index (Phi) is 11.0. The summed E-state index contributed by atoms with van der Waals surface area (Å²) in [4.78, 5) is 36.7. The molecule has 2 atom stereocenters. The molecular formula is C56H60N4O2. The summed E-state index contributed by atoms with van der Waals surface area (Å²) < 4.78 is 0. The summed E-state index contributed by atoms with van der Waals surface area (Å²) in [6.07, 6.45) is 8.70. The van der Waals surface area contributed by atoms with Crippen LogP contribution in [-0.4, -0.2) is 23.1 Å². The van der Waals surface area contributed by atoms with Crippen molar-refractivity contribution in [3.05, 3.63) is 190 Å². The molecule has 2 saturated carbocycles. The number of rotatable bonds is 6. The molecule has 2 aliphatic heterocycles. The molecule has 2 saturated heterocycles. The van der Waals surface area contributed by atoms with Gasteiger partial charge in [0.15, 0.2) is 0 Å². The molecule has 2 spiro atoms. The molecule has 2 heterocycles. The molecule has 6 nitrogen and oxygen atoms in total. The zero-order valence-electron chi connectivity index (χ0n) is 37.3. The van der Waals surface area contributed by atoms with Crippen molar-refractivity contribution in [2.75, 3.05) is 19.6 Å². The maximum atomic E-state index is 14.2. The number of anilines is 4. The average molecular weight is 821 g/mol. The molecule has 0 unspecified atom stereocenters.